The van der Waals surface area contributed by atoms with E-state index < -0.39 is 0 Å². The Labute approximate surface area is 130 Å². The highest BCUT2D eigenvalue weighted by Gasteiger charge is 2.19. The van der Waals surface area contributed by atoms with Crippen molar-refractivity contribution in [1.82, 2.24) is 9.97 Å². The summed E-state index contributed by atoms with van der Waals surface area (Å²) >= 11 is 1.72. The van der Waals surface area contributed by atoms with Crippen molar-refractivity contribution in [2.75, 3.05) is 17.6 Å². The number of aryl methyl sites for hydroxylation is 1. The third kappa shape index (κ3) is 3.28. The molecule has 1 saturated carbocycles. The molecule has 0 spiro atoms. The highest BCUT2D eigenvalue weighted by atomic mass is 32.1. The maximum Gasteiger partial charge on any atom is 0.223 e. The van der Waals surface area contributed by atoms with Gasteiger partial charge >= 0.3 is 0 Å². The molecule has 1 aliphatic rings. The minimum absolute atomic E-state index is 0.367. The highest BCUT2D eigenvalue weighted by Crippen LogP contribution is 2.32. The molecule has 2 aromatic rings. The van der Waals surface area contributed by atoms with Crippen LogP contribution in [0.4, 0.5) is 11.8 Å². The number of anilines is 2. The Balaban J connectivity index is 1.77. The summed E-state index contributed by atoms with van der Waals surface area (Å²) in [6, 6.07) is 2.20. The van der Waals surface area contributed by atoms with E-state index in [4.69, 9.17) is 5.73 Å². The first-order chi connectivity index (χ1) is 10.2. The molecule has 2 unspecified atom stereocenters. The van der Waals surface area contributed by atoms with Gasteiger partial charge in [-0.25, -0.2) is 4.98 Å². The van der Waals surface area contributed by atoms with Gasteiger partial charge in [0, 0.05) is 11.4 Å². The second kappa shape index (κ2) is 6.18. The number of nitrogens with zero attached hydrogens (tertiary/aromatic N) is 2. The minimum atomic E-state index is 0.367. The molecular formula is C16H24N4S. The van der Waals surface area contributed by atoms with Crippen LogP contribution in [0.1, 0.15) is 44.4 Å². The molecule has 21 heavy (non-hydrogen) atoms. The molecule has 5 heteroatoms. The number of nitrogens with two attached hydrogens (primary N) is 1. The molecule has 1 fully saturated rings. The van der Waals surface area contributed by atoms with Crippen LogP contribution in [0.5, 0.6) is 0 Å². The van der Waals surface area contributed by atoms with Gasteiger partial charge < -0.3 is 11.1 Å². The van der Waals surface area contributed by atoms with Gasteiger partial charge in [-0.2, -0.15) is 4.98 Å². The molecule has 0 radical (unpaired) electrons. The molecule has 114 valence electrons. The normalized spacial score (nSPS) is 22.6. The number of thiophene rings is 1. The predicted octanol–water partition coefficient (Wildman–Crippen LogP) is 4.07. The maximum atomic E-state index is 5.85. The van der Waals surface area contributed by atoms with Crippen LogP contribution in [-0.2, 0) is 6.42 Å². The molecule has 3 N–H and O–H groups in total. The molecule has 0 aliphatic heterocycles. The van der Waals surface area contributed by atoms with Crippen LogP contribution in [0, 0.1) is 11.8 Å². The van der Waals surface area contributed by atoms with Crippen molar-refractivity contribution in [3.8, 4) is 0 Å². The van der Waals surface area contributed by atoms with Crippen molar-refractivity contribution in [3.63, 3.8) is 0 Å². The second-order valence-electron chi connectivity index (χ2n) is 6.23. The Morgan fingerprint density at radius 1 is 1.38 bits per heavy atom. The fraction of sp³-hybridized carbons (Fsp3) is 0.625. The summed E-state index contributed by atoms with van der Waals surface area (Å²) in [5, 5.41) is 4.65. The molecule has 0 aromatic carbocycles. The number of nitrogen functional groups attached to an aromatic ring is 1. The molecule has 2 atom stereocenters. The molecule has 2 aromatic heterocycles. The van der Waals surface area contributed by atoms with E-state index in [-0.39, 0.29) is 0 Å². The van der Waals surface area contributed by atoms with Crippen molar-refractivity contribution in [2.45, 2.75) is 46.0 Å². The summed E-state index contributed by atoms with van der Waals surface area (Å²) in [7, 11) is 0. The third-order valence-corrected chi connectivity index (χ3v) is 5.59. The monoisotopic (exact) mass is 304 g/mol. The van der Waals surface area contributed by atoms with Crippen LogP contribution in [-0.4, -0.2) is 16.5 Å². The van der Waals surface area contributed by atoms with Gasteiger partial charge in [0.1, 0.15) is 10.6 Å². The highest BCUT2D eigenvalue weighted by molar-refractivity contribution is 7.18. The standard InChI is InChI=1S/C16H24N4S/c1-3-12-8-13-14(19-16(17)20-15(13)21-12)18-9-11-6-4-5-10(2)7-11/h8,10-11H,3-7,9H2,1-2H3,(H3,17,18,19,20). The van der Waals surface area contributed by atoms with Crippen LogP contribution in [0.2, 0.25) is 0 Å². The number of rotatable bonds is 4. The van der Waals surface area contributed by atoms with Gasteiger partial charge in [-0.15, -0.1) is 11.3 Å². The average Bonchev–Trinajstić information content (AvgIpc) is 2.87. The Morgan fingerprint density at radius 3 is 3.00 bits per heavy atom. The Kier molecular flexibility index (Phi) is 4.29. The lowest BCUT2D eigenvalue weighted by molar-refractivity contribution is 0.293. The van der Waals surface area contributed by atoms with E-state index in [1.54, 1.807) is 11.3 Å². The summed E-state index contributed by atoms with van der Waals surface area (Å²) in [4.78, 5) is 11.1. The topological polar surface area (TPSA) is 63.8 Å². The van der Waals surface area contributed by atoms with E-state index in [9.17, 15) is 0 Å². The quantitative estimate of drug-likeness (QED) is 0.893. The van der Waals surface area contributed by atoms with Gasteiger partial charge in [0.25, 0.3) is 0 Å². The van der Waals surface area contributed by atoms with Gasteiger partial charge in [0.05, 0.1) is 5.39 Å². The first-order valence-corrected chi connectivity index (χ1v) is 8.77. The molecule has 1 aliphatic carbocycles. The number of hydrogen-bond acceptors (Lipinski definition) is 5. The Hall–Kier alpha value is -1.36. The minimum Gasteiger partial charge on any atom is -0.369 e. The van der Waals surface area contributed by atoms with Crippen LogP contribution >= 0.6 is 11.3 Å². The van der Waals surface area contributed by atoms with Crippen LogP contribution < -0.4 is 11.1 Å². The zero-order valence-corrected chi connectivity index (χ0v) is 13.7. The van der Waals surface area contributed by atoms with E-state index in [1.807, 2.05) is 0 Å². The summed E-state index contributed by atoms with van der Waals surface area (Å²) in [5.74, 6) is 2.89. The molecule has 0 saturated heterocycles. The van der Waals surface area contributed by atoms with Gasteiger partial charge in [0.2, 0.25) is 5.95 Å². The van der Waals surface area contributed by atoms with Gasteiger partial charge in [-0.3, -0.25) is 0 Å². The lowest BCUT2D eigenvalue weighted by Crippen LogP contribution is -2.21. The molecule has 3 rings (SSSR count). The molecule has 0 bridgehead atoms. The lowest BCUT2D eigenvalue weighted by atomic mass is 9.82. The van der Waals surface area contributed by atoms with Crippen molar-refractivity contribution >= 4 is 33.3 Å². The Bertz CT molecular complexity index is 622. The van der Waals surface area contributed by atoms with Crippen LogP contribution in [0.25, 0.3) is 10.2 Å². The van der Waals surface area contributed by atoms with Crippen LogP contribution in [0.15, 0.2) is 6.07 Å². The van der Waals surface area contributed by atoms with Gasteiger partial charge in [-0.1, -0.05) is 26.7 Å². The summed E-state index contributed by atoms with van der Waals surface area (Å²) < 4.78 is 0. The molecule has 0 amide bonds. The van der Waals surface area contributed by atoms with Gasteiger partial charge in [0.15, 0.2) is 0 Å². The summed E-state index contributed by atoms with van der Waals surface area (Å²) in [6.45, 7) is 5.52. The summed E-state index contributed by atoms with van der Waals surface area (Å²) in [5.41, 5.74) is 5.85. The lowest BCUT2D eigenvalue weighted by Gasteiger charge is -2.27. The summed E-state index contributed by atoms with van der Waals surface area (Å²) in [6.07, 6.45) is 6.41. The van der Waals surface area contributed by atoms with E-state index in [1.165, 1.54) is 30.6 Å². The van der Waals surface area contributed by atoms with E-state index in [0.29, 0.717) is 5.95 Å². The number of hydrogen-bond donors (Lipinski definition) is 2. The smallest absolute Gasteiger partial charge is 0.223 e. The third-order valence-electron chi connectivity index (χ3n) is 4.41. The first kappa shape index (κ1) is 14.6. The number of aromatic nitrogens is 2. The number of fused-ring (bicyclic) bond motifs is 1. The van der Waals surface area contributed by atoms with Crippen molar-refractivity contribution < 1.29 is 0 Å². The van der Waals surface area contributed by atoms with Crippen LogP contribution in [0.3, 0.4) is 0 Å². The van der Waals surface area contributed by atoms with Gasteiger partial charge in [-0.05, 0) is 37.2 Å². The van der Waals surface area contributed by atoms with Crippen molar-refractivity contribution in [2.24, 2.45) is 11.8 Å². The second-order valence-corrected chi connectivity index (χ2v) is 7.35. The number of nitrogens with one attached hydrogen (secondary N) is 1. The molecular weight excluding hydrogens is 280 g/mol. The van der Waals surface area contributed by atoms with E-state index in [0.717, 1.165) is 40.8 Å². The fourth-order valence-corrected chi connectivity index (χ4v) is 4.26. The maximum absolute atomic E-state index is 5.85. The molecule has 4 nitrogen and oxygen atoms in total. The van der Waals surface area contributed by atoms with E-state index in [2.05, 4.69) is 35.2 Å². The zero-order valence-electron chi connectivity index (χ0n) is 12.9. The van der Waals surface area contributed by atoms with Crippen molar-refractivity contribution in [1.29, 1.82) is 0 Å². The largest absolute Gasteiger partial charge is 0.369 e. The molecule has 2 heterocycles. The fourth-order valence-electron chi connectivity index (χ4n) is 3.28. The average molecular weight is 304 g/mol. The zero-order chi connectivity index (χ0) is 14.8. The predicted molar refractivity (Wildman–Crippen MR) is 90.8 cm³/mol. The first-order valence-electron chi connectivity index (χ1n) is 7.95. The Morgan fingerprint density at radius 2 is 2.24 bits per heavy atom. The van der Waals surface area contributed by atoms with Crippen molar-refractivity contribution in [3.05, 3.63) is 10.9 Å². The SMILES string of the molecule is CCc1cc2c(NCC3CCCC(C)C3)nc(N)nc2s1. The van der Waals surface area contributed by atoms with E-state index >= 15 is 0 Å².